The standard InChI is InChI=1S/C28H25N5OS2/c29-15-20-3-5-21(6-4-20)18-33-19-30-16-24(33)17-32-23-7-8-27-22(12-23)13-26(36-27)14-28(34)31-10-9-25-2-1-11-35-25/h1-8,11-13,16,19,32H,9-10,14,17-18H2,(H,31,34). The van der Waals surface area contributed by atoms with E-state index in [0.717, 1.165) is 33.6 Å². The molecule has 180 valence electrons. The van der Waals surface area contributed by atoms with Crippen LogP contribution in [-0.2, 0) is 30.7 Å². The zero-order chi connectivity index (χ0) is 24.7. The number of anilines is 1. The fraction of sp³-hybridized carbons (Fsp3) is 0.179. The summed E-state index contributed by atoms with van der Waals surface area (Å²) in [5, 5.41) is 18.7. The molecular weight excluding hydrogens is 486 g/mol. The summed E-state index contributed by atoms with van der Waals surface area (Å²) >= 11 is 3.39. The fourth-order valence-corrected chi connectivity index (χ4v) is 5.76. The van der Waals surface area contributed by atoms with Gasteiger partial charge >= 0.3 is 0 Å². The Morgan fingerprint density at radius 2 is 1.97 bits per heavy atom. The number of nitriles is 1. The first-order valence-electron chi connectivity index (χ1n) is 11.7. The summed E-state index contributed by atoms with van der Waals surface area (Å²) < 4.78 is 3.28. The average Bonchev–Trinajstić information content (AvgIpc) is 3.64. The summed E-state index contributed by atoms with van der Waals surface area (Å²) in [4.78, 5) is 19.0. The maximum absolute atomic E-state index is 12.4. The second-order valence-corrected chi connectivity index (χ2v) is 10.7. The van der Waals surface area contributed by atoms with E-state index in [9.17, 15) is 4.79 Å². The molecule has 0 aliphatic carbocycles. The van der Waals surface area contributed by atoms with E-state index in [1.807, 2.05) is 42.9 Å². The third-order valence-corrected chi connectivity index (χ3v) is 7.94. The maximum atomic E-state index is 12.4. The van der Waals surface area contributed by atoms with Crippen LogP contribution in [-0.4, -0.2) is 22.0 Å². The number of benzene rings is 2. The molecule has 8 heteroatoms. The summed E-state index contributed by atoms with van der Waals surface area (Å²) in [5.74, 6) is 0.0620. The van der Waals surface area contributed by atoms with E-state index in [4.69, 9.17) is 5.26 Å². The van der Waals surface area contributed by atoms with Gasteiger partial charge in [-0.05, 0) is 65.2 Å². The minimum atomic E-state index is 0.0620. The van der Waals surface area contributed by atoms with Crippen molar-refractivity contribution in [3.8, 4) is 6.07 Å². The van der Waals surface area contributed by atoms with Gasteiger partial charge in [0.15, 0.2) is 0 Å². The van der Waals surface area contributed by atoms with Crippen molar-refractivity contribution in [3.05, 3.63) is 105 Å². The lowest BCUT2D eigenvalue weighted by atomic mass is 10.1. The maximum Gasteiger partial charge on any atom is 0.225 e. The van der Waals surface area contributed by atoms with Gasteiger partial charge in [-0.25, -0.2) is 4.98 Å². The lowest BCUT2D eigenvalue weighted by Gasteiger charge is -2.10. The molecule has 0 saturated heterocycles. The second-order valence-electron chi connectivity index (χ2n) is 8.50. The van der Waals surface area contributed by atoms with E-state index < -0.39 is 0 Å². The number of fused-ring (bicyclic) bond motifs is 1. The first-order chi connectivity index (χ1) is 17.7. The van der Waals surface area contributed by atoms with Gasteiger partial charge in [-0.2, -0.15) is 5.26 Å². The molecule has 0 radical (unpaired) electrons. The highest BCUT2D eigenvalue weighted by molar-refractivity contribution is 7.19. The van der Waals surface area contributed by atoms with E-state index in [0.29, 0.717) is 31.6 Å². The van der Waals surface area contributed by atoms with Gasteiger partial charge in [0.05, 0.1) is 36.6 Å². The minimum Gasteiger partial charge on any atom is -0.379 e. The summed E-state index contributed by atoms with van der Waals surface area (Å²) in [6, 6.07) is 22.3. The Bertz CT molecular complexity index is 1490. The van der Waals surface area contributed by atoms with E-state index in [-0.39, 0.29) is 5.91 Å². The van der Waals surface area contributed by atoms with Crippen LogP contribution in [0.3, 0.4) is 0 Å². The number of carbonyl (C=O) groups is 1. The van der Waals surface area contributed by atoms with Crippen molar-refractivity contribution in [1.82, 2.24) is 14.9 Å². The number of hydrogen-bond donors (Lipinski definition) is 2. The first-order valence-corrected chi connectivity index (χ1v) is 13.4. The van der Waals surface area contributed by atoms with Gasteiger partial charge < -0.3 is 15.2 Å². The Balaban J connectivity index is 1.16. The highest BCUT2D eigenvalue weighted by atomic mass is 32.1. The van der Waals surface area contributed by atoms with Gasteiger partial charge in [0.1, 0.15) is 0 Å². The van der Waals surface area contributed by atoms with Gasteiger partial charge in [-0.3, -0.25) is 4.79 Å². The normalized spacial score (nSPS) is 10.9. The molecule has 6 nitrogen and oxygen atoms in total. The van der Waals surface area contributed by atoms with Gasteiger partial charge in [0, 0.05) is 39.4 Å². The van der Waals surface area contributed by atoms with Crippen molar-refractivity contribution in [3.63, 3.8) is 0 Å². The SMILES string of the molecule is N#Cc1ccc(Cn2cncc2CNc2ccc3sc(CC(=O)NCCc4cccs4)cc3c2)cc1. The molecule has 5 rings (SSSR count). The zero-order valence-corrected chi connectivity index (χ0v) is 21.2. The van der Waals surface area contributed by atoms with Crippen LogP contribution >= 0.6 is 22.7 Å². The smallest absolute Gasteiger partial charge is 0.225 e. The zero-order valence-electron chi connectivity index (χ0n) is 19.6. The van der Waals surface area contributed by atoms with Gasteiger partial charge in [0.25, 0.3) is 0 Å². The van der Waals surface area contributed by atoms with Crippen molar-refractivity contribution in [1.29, 1.82) is 5.26 Å². The number of hydrogen-bond acceptors (Lipinski definition) is 6. The molecule has 0 aliphatic rings. The van der Waals surface area contributed by atoms with Crippen molar-refractivity contribution in [2.45, 2.75) is 25.9 Å². The highest BCUT2D eigenvalue weighted by Crippen LogP contribution is 2.28. The van der Waals surface area contributed by atoms with Crippen molar-refractivity contribution >= 4 is 44.4 Å². The van der Waals surface area contributed by atoms with Gasteiger partial charge in [0.2, 0.25) is 5.91 Å². The van der Waals surface area contributed by atoms with Crippen LogP contribution < -0.4 is 10.6 Å². The van der Waals surface area contributed by atoms with Gasteiger partial charge in [-0.15, -0.1) is 22.7 Å². The van der Waals surface area contributed by atoms with Crippen LogP contribution in [0.15, 0.2) is 78.6 Å². The quantitative estimate of drug-likeness (QED) is 0.256. The van der Waals surface area contributed by atoms with E-state index in [1.165, 1.54) is 9.58 Å². The number of nitrogens with one attached hydrogen (secondary N) is 2. The van der Waals surface area contributed by atoms with Crippen molar-refractivity contribution < 1.29 is 4.79 Å². The minimum absolute atomic E-state index is 0.0620. The lowest BCUT2D eigenvalue weighted by Crippen LogP contribution is -2.26. The third-order valence-electron chi connectivity index (χ3n) is 5.88. The molecule has 2 aromatic carbocycles. The van der Waals surface area contributed by atoms with Crippen LogP contribution in [0.25, 0.3) is 10.1 Å². The fourth-order valence-electron chi connectivity index (χ4n) is 4.01. The van der Waals surface area contributed by atoms with E-state index in [1.54, 1.807) is 22.7 Å². The van der Waals surface area contributed by atoms with Crippen LogP contribution in [0.2, 0.25) is 0 Å². The molecule has 3 aromatic heterocycles. The van der Waals surface area contributed by atoms with E-state index >= 15 is 0 Å². The number of rotatable bonds is 10. The Kier molecular flexibility index (Phi) is 7.41. The van der Waals surface area contributed by atoms with Crippen LogP contribution in [0.5, 0.6) is 0 Å². The molecule has 2 N–H and O–H groups in total. The molecule has 0 unspecified atom stereocenters. The molecule has 1 amide bonds. The summed E-state index contributed by atoms with van der Waals surface area (Å²) in [5.41, 5.74) is 3.88. The summed E-state index contributed by atoms with van der Waals surface area (Å²) in [6.45, 7) is 2.01. The van der Waals surface area contributed by atoms with Crippen LogP contribution in [0.4, 0.5) is 5.69 Å². The number of imidazole rings is 1. The highest BCUT2D eigenvalue weighted by Gasteiger charge is 2.09. The molecule has 0 spiro atoms. The number of thiophene rings is 2. The average molecular weight is 512 g/mol. The second kappa shape index (κ2) is 11.2. The van der Waals surface area contributed by atoms with E-state index in [2.05, 4.69) is 62.0 Å². The van der Waals surface area contributed by atoms with Crippen molar-refractivity contribution in [2.75, 3.05) is 11.9 Å². The Labute approximate surface area is 217 Å². The molecular formula is C28H25N5OS2. The molecule has 36 heavy (non-hydrogen) atoms. The third kappa shape index (κ3) is 6.00. The Hall–Kier alpha value is -3.93. The molecule has 0 fully saturated rings. The predicted molar refractivity (Wildman–Crippen MR) is 146 cm³/mol. The number of aromatic nitrogens is 2. The lowest BCUT2D eigenvalue weighted by molar-refractivity contribution is -0.120. The monoisotopic (exact) mass is 511 g/mol. The Morgan fingerprint density at radius 1 is 1.08 bits per heavy atom. The van der Waals surface area contributed by atoms with Crippen LogP contribution in [0, 0.1) is 11.3 Å². The molecule has 0 aliphatic heterocycles. The van der Waals surface area contributed by atoms with Gasteiger partial charge in [-0.1, -0.05) is 18.2 Å². The first kappa shape index (κ1) is 23.8. The number of carbonyl (C=O) groups excluding carboxylic acids is 1. The molecule has 3 heterocycles. The summed E-state index contributed by atoms with van der Waals surface area (Å²) in [7, 11) is 0. The topological polar surface area (TPSA) is 82.7 Å². The summed E-state index contributed by atoms with van der Waals surface area (Å²) in [6.07, 6.45) is 4.97. The molecule has 0 bridgehead atoms. The van der Waals surface area contributed by atoms with Crippen molar-refractivity contribution in [2.24, 2.45) is 0 Å². The molecule has 0 atom stereocenters. The van der Waals surface area contributed by atoms with Crippen LogP contribution in [0.1, 0.15) is 26.6 Å². The number of nitrogens with zero attached hydrogens (tertiary/aromatic N) is 3. The predicted octanol–water partition coefficient (Wildman–Crippen LogP) is 5.59. The number of amides is 1. The largest absolute Gasteiger partial charge is 0.379 e. The molecule has 0 saturated carbocycles. The Morgan fingerprint density at radius 3 is 2.78 bits per heavy atom. The molecule has 5 aromatic rings.